The van der Waals surface area contributed by atoms with Crippen LogP contribution in [-0.4, -0.2) is 68.9 Å². The average molecular weight is 295 g/mol. The number of carboxylic acid groups (broad SMARTS) is 1. The highest BCUT2D eigenvalue weighted by Gasteiger charge is 2.27. The van der Waals surface area contributed by atoms with Crippen molar-refractivity contribution in [3.8, 4) is 0 Å². The van der Waals surface area contributed by atoms with Gasteiger partial charge in [-0.25, -0.2) is 4.79 Å². The molecule has 0 aliphatic carbocycles. The zero-order chi connectivity index (χ0) is 15.4. The first-order valence-corrected chi connectivity index (χ1v) is 7.06. The molecule has 2 amide bonds. The van der Waals surface area contributed by atoms with E-state index in [-0.39, 0.29) is 6.03 Å². The van der Waals surface area contributed by atoms with Crippen LogP contribution in [0.1, 0.15) is 13.8 Å². The summed E-state index contributed by atoms with van der Waals surface area (Å²) in [5.74, 6) is -0.833. The number of urea groups is 1. The number of aliphatic carboxylic acids is 1. The lowest BCUT2D eigenvalue weighted by Gasteiger charge is -2.36. The highest BCUT2D eigenvalue weighted by Crippen LogP contribution is 2.10. The van der Waals surface area contributed by atoms with Crippen LogP contribution in [0.25, 0.3) is 0 Å². The van der Waals surface area contributed by atoms with Crippen molar-refractivity contribution in [2.45, 2.75) is 26.4 Å². The Labute approximate surface area is 123 Å². The van der Waals surface area contributed by atoms with Crippen molar-refractivity contribution in [3.63, 3.8) is 0 Å². The molecule has 0 radical (unpaired) electrons. The fraction of sp³-hybridized carbons (Fsp3) is 0.615. The Morgan fingerprint density at radius 2 is 2.05 bits per heavy atom. The number of carboxylic acids is 1. The molecule has 1 saturated heterocycles. The number of hydrogen-bond acceptors (Lipinski definition) is 4. The van der Waals surface area contributed by atoms with Gasteiger partial charge in [0.1, 0.15) is 6.04 Å². The zero-order valence-electron chi connectivity index (χ0n) is 12.3. The van der Waals surface area contributed by atoms with E-state index in [4.69, 9.17) is 5.11 Å². The molecule has 1 atom stereocenters. The fourth-order valence-electron chi connectivity index (χ4n) is 2.27. The highest BCUT2D eigenvalue weighted by molar-refractivity contribution is 5.89. The molecule has 0 spiro atoms. The molecule has 8 nitrogen and oxygen atoms in total. The molecule has 1 aliphatic rings. The quantitative estimate of drug-likeness (QED) is 0.845. The third kappa shape index (κ3) is 3.72. The normalized spacial score (nSPS) is 17.5. The van der Waals surface area contributed by atoms with Gasteiger partial charge in [-0.2, -0.15) is 5.10 Å². The second-order valence-electron chi connectivity index (χ2n) is 5.05. The summed E-state index contributed by atoms with van der Waals surface area (Å²) in [5, 5.41) is 15.9. The Balaban J connectivity index is 1.84. The molecule has 21 heavy (non-hydrogen) atoms. The topological polar surface area (TPSA) is 90.7 Å². The van der Waals surface area contributed by atoms with Gasteiger partial charge in [-0.15, -0.1) is 0 Å². The first-order chi connectivity index (χ1) is 10.0. The molecule has 8 heteroatoms. The monoisotopic (exact) mass is 295 g/mol. The first-order valence-electron chi connectivity index (χ1n) is 7.06. The molecule has 1 aliphatic heterocycles. The number of aryl methyl sites for hydroxylation is 1. The largest absolute Gasteiger partial charge is 0.480 e. The molecule has 1 unspecified atom stereocenters. The number of hydrogen-bond donors (Lipinski definition) is 2. The summed E-state index contributed by atoms with van der Waals surface area (Å²) in [7, 11) is 0. The van der Waals surface area contributed by atoms with Gasteiger partial charge in [0.25, 0.3) is 0 Å². The predicted octanol–water partition coefficient (Wildman–Crippen LogP) is 0.526. The number of nitrogens with one attached hydrogen (secondary N) is 1. The predicted molar refractivity (Wildman–Crippen MR) is 77.2 cm³/mol. The Hall–Kier alpha value is -2.09. The number of carbonyl (C=O) groups is 2. The van der Waals surface area contributed by atoms with E-state index in [0.717, 1.165) is 6.54 Å². The molecule has 1 aromatic heterocycles. The lowest BCUT2D eigenvalue weighted by Crippen LogP contribution is -2.53. The van der Waals surface area contributed by atoms with E-state index in [1.54, 1.807) is 28.9 Å². The van der Waals surface area contributed by atoms with Crippen LogP contribution < -0.4 is 5.32 Å². The number of anilines is 1. The van der Waals surface area contributed by atoms with Gasteiger partial charge in [-0.3, -0.25) is 14.4 Å². The van der Waals surface area contributed by atoms with Gasteiger partial charge in [0.15, 0.2) is 0 Å². The Morgan fingerprint density at radius 3 is 2.57 bits per heavy atom. The Bertz CT molecular complexity index is 508. The third-order valence-corrected chi connectivity index (χ3v) is 3.72. The van der Waals surface area contributed by atoms with Crippen molar-refractivity contribution in [2.24, 2.45) is 0 Å². The van der Waals surface area contributed by atoms with Gasteiger partial charge >= 0.3 is 12.0 Å². The number of carbonyl (C=O) groups excluding carboxylic acids is 1. The van der Waals surface area contributed by atoms with E-state index in [9.17, 15) is 9.59 Å². The minimum atomic E-state index is -0.833. The van der Waals surface area contributed by atoms with Crippen LogP contribution in [-0.2, 0) is 11.3 Å². The summed E-state index contributed by atoms with van der Waals surface area (Å²) < 4.78 is 1.74. The molecule has 2 N–H and O–H groups in total. The standard InChI is InChI=1S/C13H21N5O3/c1-3-18-9-11(8-14-18)15-13(21)17-6-4-16(5-7-17)10(2)12(19)20/h8-10H,3-7H2,1-2H3,(H,15,21)(H,19,20). The average Bonchev–Trinajstić information content (AvgIpc) is 2.94. The molecule has 2 heterocycles. The molecular formula is C13H21N5O3. The zero-order valence-corrected chi connectivity index (χ0v) is 12.3. The van der Waals surface area contributed by atoms with E-state index in [1.807, 2.05) is 11.8 Å². The molecule has 0 bridgehead atoms. The molecule has 116 valence electrons. The van der Waals surface area contributed by atoms with Crippen LogP contribution in [0.15, 0.2) is 12.4 Å². The van der Waals surface area contributed by atoms with E-state index in [1.165, 1.54) is 0 Å². The van der Waals surface area contributed by atoms with Crippen LogP contribution in [0.4, 0.5) is 10.5 Å². The Kier molecular flexibility index (Phi) is 4.79. The summed E-state index contributed by atoms with van der Waals surface area (Å²) in [5.41, 5.74) is 0.670. The second-order valence-corrected chi connectivity index (χ2v) is 5.05. The molecular weight excluding hydrogens is 274 g/mol. The van der Waals surface area contributed by atoms with E-state index < -0.39 is 12.0 Å². The number of rotatable bonds is 4. The number of nitrogens with zero attached hydrogens (tertiary/aromatic N) is 4. The maximum absolute atomic E-state index is 12.1. The van der Waals surface area contributed by atoms with Gasteiger partial charge < -0.3 is 15.3 Å². The smallest absolute Gasteiger partial charge is 0.322 e. The van der Waals surface area contributed by atoms with Gasteiger partial charge in [0.2, 0.25) is 0 Å². The van der Waals surface area contributed by atoms with Gasteiger partial charge in [-0.1, -0.05) is 0 Å². The minimum Gasteiger partial charge on any atom is -0.480 e. The molecule has 0 aromatic carbocycles. The molecule has 1 fully saturated rings. The highest BCUT2D eigenvalue weighted by atomic mass is 16.4. The van der Waals surface area contributed by atoms with Gasteiger partial charge in [-0.05, 0) is 13.8 Å². The van der Waals surface area contributed by atoms with Crippen molar-refractivity contribution < 1.29 is 14.7 Å². The number of aromatic nitrogens is 2. The van der Waals surface area contributed by atoms with Crippen LogP contribution >= 0.6 is 0 Å². The molecule has 0 saturated carbocycles. The molecule has 2 rings (SSSR count). The van der Waals surface area contributed by atoms with E-state index in [2.05, 4.69) is 10.4 Å². The first kappa shape index (κ1) is 15.3. The van der Waals surface area contributed by atoms with Gasteiger partial charge in [0, 0.05) is 38.9 Å². The summed E-state index contributed by atoms with van der Waals surface area (Å²) in [6.07, 6.45) is 3.39. The van der Waals surface area contributed by atoms with Crippen LogP contribution in [0.2, 0.25) is 0 Å². The molecule has 1 aromatic rings. The SMILES string of the molecule is CCn1cc(NC(=O)N2CCN(C(C)C(=O)O)CC2)cn1. The fourth-order valence-corrected chi connectivity index (χ4v) is 2.27. The van der Waals surface area contributed by atoms with Crippen LogP contribution in [0.5, 0.6) is 0 Å². The van der Waals surface area contributed by atoms with Crippen molar-refractivity contribution in [2.75, 3.05) is 31.5 Å². The number of piperazine rings is 1. The lowest BCUT2D eigenvalue weighted by atomic mass is 10.2. The summed E-state index contributed by atoms with van der Waals surface area (Å²) in [6, 6.07) is -0.689. The van der Waals surface area contributed by atoms with Crippen molar-refractivity contribution >= 4 is 17.7 Å². The minimum absolute atomic E-state index is 0.173. The second kappa shape index (κ2) is 6.57. The van der Waals surface area contributed by atoms with Crippen molar-refractivity contribution in [3.05, 3.63) is 12.4 Å². The number of amides is 2. The maximum atomic E-state index is 12.1. The summed E-state index contributed by atoms with van der Waals surface area (Å²) in [6.45, 7) is 6.56. The van der Waals surface area contributed by atoms with Crippen molar-refractivity contribution in [1.82, 2.24) is 19.6 Å². The summed E-state index contributed by atoms with van der Waals surface area (Å²) in [4.78, 5) is 26.6. The van der Waals surface area contributed by atoms with Crippen LogP contribution in [0.3, 0.4) is 0 Å². The van der Waals surface area contributed by atoms with E-state index in [0.29, 0.717) is 31.9 Å². The maximum Gasteiger partial charge on any atom is 0.322 e. The van der Waals surface area contributed by atoms with Gasteiger partial charge in [0.05, 0.1) is 11.9 Å². The van der Waals surface area contributed by atoms with Crippen LogP contribution in [0, 0.1) is 0 Å². The third-order valence-electron chi connectivity index (χ3n) is 3.72. The van der Waals surface area contributed by atoms with E-state index >= 15 is 0 Å². The lowest BCUT2D eigenvalue weighted by molar-refractivity contribution is -0.143. The van der Waals surface area contributed by atoms with Crippen molar-refractivity contribution in [1.29, 1.82) is 0 Å². The summed E-state index contributed by atoms with van der Waals surface area (Å²) >= 11 is 0. The Morgan fingerprint density at radius 1 is 1.38 bits per heavy atom.